The molecule has 0 spiro atoms. The Bertz CT molecular complexity index is 4590. The molecule has 1 fully saturated rings. The van der Waals surface area contributed by atoms with Crippen LogP contribution >= 0.6 is 0 Å². The molecule has 2 unspecified atom stereocenters. The van der Waals surface area contributed by atoms with Gasteiger partial charge in [0.25, 0.3) is 0 Å². The maximum atomic E-state index is 6.40. The van der Waals surface area contributed by atoms with E-state index in [-0.39, 0.29) is 40.0 Å². The third-order valence-electron chi connectivity index (χ3n) is 24.3. The van der Waals surface area contributed by atoms with Gasteiger partial charge in [-0.25, -0.2) is 0 Å². The van der Waals surface area contributed by atoms with Crippen molar-refractivity contribution in [3.8, 4) is 100 Å². The van der Waals surface area contributed by atoms with Gasteiger partial charge in [-0.05, 0) is 233 Å². The molecule has 0 radical (unpaired) electrons. The van der Waals surface area contributed by atoms with Crippen molar-refractivity contribution in [3.05, 3.63) is 245 Å². The largest absolute Gasteiger partial charge is 0.494 e. The van der Waals surface area contributed by atoms with Crippen molar-refractivity contribution < 1.29 is 9.31 Å². The molecule has 15 rings (SSSR count). The summed E-state index contributed by atoms with van der Waals surface area (Å²) in [7, 11) is -0.373. The zero-order chi connectivity index (χ0) is 65.8. The van der Waals surface area contributed by atoms with Crippen LogP contribution in [0.2, 0.25) is 0 Å². The highest BCUT2D eigenvalue weighted by Crippen LogP contribution is 2.57. The highest BCUT2D eigenvalue weighted by Gasteiger charge is 2.52. The van der Waals surface area contributed by atoms with Crippen LogP contribution in [0.5, 0.6) is 0 Å². The van der Waals surface area contributed by atoms with Gasteiger partial charge in [-0.2, -0.15) is 0 Å². The van der Waals surface area contributed by atoms with E-state index in [9.17, 15) is 0 Å². The molecule has 0 bridgehead atoms. The average Bonchev–Trinajstić information content (AvgIpc) is 1.59. The third-order valence-corrected chi connectivity index (χ3v) is 24.3. The molecule has 2 atom stereocenters. The van der Waals surface area contributed by atoms with Crippen molar-refractivity contribution >= 4 is 12.6 Å². The van der Waals surface area contributed by atoms with Gasteiger partial charge in [0.15, 0.2) is 0 Å². The minimum Gasteiger partial charge on any atom is -0.399 e. The van der Waals surface area contributed by atoms with E-state index in [1.807, 2.05) is 0 Å². The molecule has 1 saturated heterocycles. The summed E-state index contributed by atoms with van der Waals surface area (Å²) in [6, 6.07) is 78.5. The van der Waals surface area contributed by atoms with Gasteiger partial charge in [0, 0.05) is 21.7 Å². The van der Waals surface area contributed by atoms with Crippen molar-refractivity contribution in [1.29, 1.82) is 0 Å². The van der Waals surface area contributed by atoms with E-state index in [1.54, 1.807) is 0 Å². The van der Waals surface area contributed by atoms with Gasteiger partial charge < -0.3 is 9.31 Å². The van der Waals surface area contributed by atoms with Crippen LogP contribution in [0.3, 0.4) is 0 Å². The zero-order valence-corrected chi connectivity index (χ0v) is 58.8. The van der Waals surface area contributed by atoms with Gasteiger partial charge in [0.1, 0.15) is 0 Å². The Kier molecular flexibility index (Phi) is 16.0. The van der Waals surface area contributed by atoms with E-state index in [0.29, 0.717) is 0 Å². The number of rotatable bonds is 20. The molecule has 1 heterocycles. The van der Waals surface area contributed by atoms with Crippen molar-refractivity contribution in [2.75, 3.05) is 0 Å². The van der Waals surface area contributed by atoms with Gasteiger partial charge in [-0.15, -0.1) is 0 Å². The van der Waals surface area contributed by atoms with Crippen LogP contribution in [0.25, 0.3) is 100 Å². The molecular formula is C92H97BO2. The molecule has 3 heteroatoms. The van der Waals surface area contributed by atoms with Gasteiger partial charge >= 0.3 is 7.12 Å². The summed E-state index contributed by atoms with van der Waals surface area (Å²) in [4.78, 5) is 0. The van der Waals surface area contributed by atoms with Crippen LogP contribution in [0.4, 0.5) is 0 Å². The molecule has 0 amide bonds. The van der Waals surface area contributed by atoms with Gasteiger partial charge in [0.05, 0.1) is 11.2 Å². The lowest BCUT2D eigenvalue weighted by molar-refractivity contribution is 0.00578. The second-order valence-corrected chi connectivity index (χ2v) is 31.6. The Hall–Kier alpha value is -7.82. The molecule has 0 saturated carbocycles. The highest BCUT2D eigenvalue weighted by molar-refractivity contribution is 6.62. The van der Waals surface area contributed by atoms with Gasteiger partial charge in [-0.3, -0.25) is 0 Å². The summed E-state index contributed by atoms with van der Waals surface area (Å²) >= 11 is 0. The molecule has 5 aliphatic rings. The van der Waals surface area contributed by atoms with Gasteiger partial charge in [-0.1, -0.05) is 290 Å². The summed E-state index contributed by atoms with van der Waals surface area (Å²) in [5.74, 6) is 0. The van der Waals surface area contributed by atoms with E-state index >= 15 is 0 Å². The number of fused-ring (bicyclic) bond motifs is 12. The monoisotopic (exact) mass is 1240 g/mol. The Morgan fingerprint density at radius 2 is 0.505 bits per heavy atom. The van der Waals surface area contributed by atoms with Crippen LogP contribution < -0.4 is 5.46 Å². The Morgan fingerprint density at radius 1 is 0.253 bits per heavy atom. The highest BCUT2D eigenvalue weighted by atomic mass is 16.7. The first-order valence-corrected chi connectivity index (χ1v) is 36.4. The van der Waals surface area contributed by atoms with E-state index in [0.717, 1.165) is 11.9 Å². The van der Waals surface area contributed by atoms with Crippen LogP contribution in [-0.2, 0) is 31.0 Å². The maximum Gasteiger partial charge on any atom is 0.494 e. The van der Waals surface area contributed by atoms with Crippen LogP contribution in [0.1, 0.15) is 217 Å². The fraction of sp³-hybridized carbons (Fsp3) is 0.348. The predicted molar refractivity (Wildman–Crippen MR) is 404 cm³/mol. The van der Waals surface area contributed by atoms with Crippen LogP contribution in [-0.4, -0.2) is 18.3 Å². The first-order chi connectivity index (χ1) is 45.7. The molecule has 0 aromatic heterocycles. The van der Waals surface area contributed by atoms with E-state index in [2.05, 4.69) is 283 Å². The van der Waals surface area contributed by atoms with E-state index < -0.39 is 0 Å². The fourth-order valence-electron chi connectivity index (χ4n) is 17.7. The summed E-state index contributed by atoms with van der Waals surface area (Å²) in [5, 5.41) is 0. The summed E-state index contributed by atoms with van der Waals surface area (Å²) in [6.45, 7) is 27.8. The molecule has 1 aliphatic heterocycles. The standard InChI is InChI=1S/C92H97BO2/c1-13-15-17-19-21-25-51-91(11)79-28-24-23-27-71(79)76-49-40-68(58-84(76)91)66-38-46-74-72-44-35-63(53-80(72)87(3,4)82(74)55-66)60-29-31-61(32-30-60)65-37-48-77-78-50-41-69(59-86(78)92(12,85(77)57-65)52-26-22-20-18-16-14-2)67-39-47-75-73-45-36-64(54-81(73)88(5,6)83(75)56-67)62-33-42-70(43-34-62)93-94-89(7,8)90(9,10)95-93/h23-24,27-50,53-59H,13-22,25-26,51-52H2,1-12H3. The van der Waals surface area contributed by atoms with Gasteiger partial charge in [0.2, 0.25) is 0 Å². The van der Waals surface area contributed by atoms with Crippen LogP contribution in [0, 0.1) is 0 Å². The molecule has 480 valence electrons. The lowest BCUT2D eigenvalue weighted by Crippen LogP contribution is -2.41. The van der Waals surface area contributed by atoms with E-state index in [1.165, 1.54) is 228 Å². The molecule has 2 nitrogen and oxygen atoms in total. The molecule has 4 aliphatic carbocycles. The quantitative estimate of drug-likeness (QED) is 0.0559. The fourth-order valence-corrected chi connectivity index (χ4v) is 17.7. The third kappa shape index (κ3) is 10.7. The summed E-state index contributed by atoms with van der Waals surface area (Å²) < 4.78 is 12.8. The van der Waals surface area contributed by atoms with Crippen molar-refractivity contribution in [2.24, 2.45) is 0 Å². The van der Waals surface area contributed by atoms with Crippen molar-refractivity contribution in [3.63, 3.8) is 0 Å². The Labute approximate surface area is 569 Å². The van der Waals surface area contributed by atoms with Crippen LogP contribution in [0.15, 0.2) is 200 Å². The summed E-state index contributed by atoms with van der Waals surface area (Å²) in [6.07, 6.45) is 17.9. The molecule has 0 N–H and O–H groups in total. The molecule has 95 heavy (non-hydrogen) atoms. The zero-order valence-electron chi connectivity index (χ0n) is 58.8. The lowest BCUT2D eigenvalue weighted by Gasteiger charge is -2.32. The minimum absolute atomic E-state index is 0.0158. The molecule has 10 aromatic carbocycles. The van der Waals surface area contributed by atoms with Crippen molar-refractivity contribution in [1.82, 2.24) is 0 Å². The predicted octanol–water partition coefficient (Wildman–Crippen LogP) is 25.0. The topological polar surface area (TPSA) is 18.5 Å². The molecular weight excluding hydrogens is 1150 g/mol. The number of benzene rings is 10. The normalized spacial score (nSPS) is 19.0. The van der Waals surface area contributed by atoms with E-state index in [4.69, 9.17) is 9.31 Å². The summed E-state index contributed by atoms with van der Waals surface area (Å²) in [5.41, 5.74) is 35.2. The Morgan fingerprint density at radius 3 is 0.853 bits per heavy atom. The number of unbranched alkanes of at least 4 members (excludes halogenated alkanes) is 10. The Balaban J connectivity index is 0.675. The van der Waals surface area contributed by atoms with Crippen molar-refractivity contribution in [2.45, 2.75) is 206 Å². The SMILES string of the molecule is CCCCCCCCC1(C)c2ccccc2-c2ccc(-c3ccc4c(c3)C(C)(C)c3cc(-c5ccc(-c6ccc7c(c6)C(C)(CCCCCCCC)c6cc(-c8ccc9c(c8)C(C)(C)c8cc(-c%10ccc(B%11OC(C)(C)C(C)(C)O%11)cc%10)ccc8-9)ccc6-7)cc5)ccc3-4)cc21. The second kappa shape index (κ2) is 24.1. The average molecular weight is 1250 g/mol. The second-order valence-electron chi connectivity index (χ2n) is 31.6. The number of hydrogen-bond donors (Lipinski definition) is 0. The lowest BCUT2D eigenvalue weighted by atomic mass is 9.75. The maximum absolute atomic E-state index is 6.40. The number of hydrogen-bond acceptors (Lipinski definition) is 2. The minimum atomic E-state index is -0.374. The first kappa shape index (κ1) is 63.3. The molecule has 10 aromatic rings. The first-order valence-electron chi connectivity index (χ1n) is 36.4. The smallest absolute Gasteiger partial charge is 0.399 e.